The first-order chi connectivity index (χ1) is 14.1. The summed E-state index contributed by atoms with van der Waals surface area (Å²) in [6, 6.07) is 7.64. The van der Waals surface area contributed by atoms with Crippen molar-refractivity contribution in [1.82, 2.24) is 10.3 Å². The second-order valence-electron chi connectivity index (χ2n) is 8.57. The number of rotatable bonds is 5. The van der Waals surface area contributed by atoms with E-state index in [2.05, 4.69) is 50.0 Å². The number of nitrogens with zero attached hydrogens (tertiary/aromatic N) is 1. The molecule has 2 aromatic rings. The third-order valence-corrected chi connectivity index (χ3v) is 6.47. The van der Waals surface area contributed by atoms with Crippen molar-refractivity contribution in [2.24, 2.45) is 5.73 Å². The van der Waals surface area contributed by atoms with Crippen LogP contribution in [0, 0.1) is 6.92 Å². The van der Waals surface area contributed by atoms with Crippen molar-refractivity contribution < 1.29 is 0 Å². The average molecular weight is 388 g/mol. The Kier molecular flexibility index (Phi) is 5.86. The van der Waals surface area contributed by atoms with Crippen LogP contribution in [0.25, 0.3) is 16.7 Å². The molecule has 1 aromatic heterocycles. The standard InChI is InChI=1S/C26H33N3/c1-4-19(12-17(2)27)24-15-22(16-29-18(24)3)21-13-20-8-5-6-9-23(20)25(14-21)26-10-7-11-28-26/h4,13-16,26,28H,2,5-12,27H2,1,3H3/b19-4-. The van der Waals surface area contributed by atoms with Crippen LogP contribution in [0.2, 0.25) is 0 Å². The van der Waals surface area contributed by atoms with Gasteiger partial charge in [-0.15, -0.1) is 0 Å². The highest BCUT2D eigenvalue weighted by Gasteiger charge is 2.23. The molecular formula is C26H33N3. The van der Waals surface area contributed by atoms with Crippen LogP contribution in [-0.4, -0.2) is 11.5 Å². The van der Waals surface area contributed by atoms with Gasteiger partial charge in [-0.25, -0.2) is 0 Å². The van der Waals surface area contributed by atoms with Gasteiger partial charge in [0.25, 0.3) is 0 Å². The zero-order valence-electron chi connectivity index (χ0n) is 17.9. The van der Waals surface area contributed by atoms with E-state index in [1.165, 1.54) is 66.4 Å². The van der Waals surface area contributed by atoms with E-state index >= 15 is 0 Å². The topological polar surface area (TPSA) is 50.9 Å². The van der Waals surface area contributed by atoms with Gasteiger partial charge in [0, 0.05) is 35.6 Å². The van der Waals surface area contributed by atoms with E-state index in [0.717, 1.165) is 12.2 Å². The number of nitrogens with two attached hydrogens (primary N) is 1. The summed E-state index contributed by atoms with van der Waals surface area (Å²) in [6.45, 7) is 9.16. The fourth-order valence-electron chi connectivity index (χ4n) is 4.94. The second kappa shape index (κ2) is 8.54. The normalized spacial score (nSPS) is 19.2. The zero-order valence-corrected chi connectivity index (χ0v) is 17.9. The van der Waals surface area contributed by atoms with E-state index in [4.69, 9.17) is 10.7 Å². The smallest absolute Gasteiger partial charge is 0.0448 e. The molecule has 0 radical (unpaired) electrons. The Morgan fingerprint density at radius 2 is 2.03 bits per heavy atom. The van der Waals surface area contributed by atoms with Gasteiger partial charge in [0.1, 0.15) is 0 Å². The van der Waals surface area contributed by atoms with Gasteiger partial charge < -0.3 is 11.1 Å². The molecule has 1 unspecified atom stereocenters. The maximum Gasteiger partial charge on any atom is 0.0448 e. The summed E-state index contributed by atoms with van der Waals surface area (Å²) >= 11 is 0. The predicted octanol–water partition coefficient (Wildman–Crippen LogP) is 5.63. The summed E-state index contributed by atoms with van der Waals surface area (Å²) in [5.41, 5.74) is 17.2. The summed E-state index contributed by atoms with van der Waals surface area (Å²) in [6.07, 6.45) is 12.4. The number of allylic oxidation sites excluding steroid dienone is 2. The van der Waals surface area contributed by atoms with Crippen LogP contribution < -0.4 is 11.1 Å². The molecule has 1 aliphatic carbocycles. The van der Waals surface area contributed by atoms with Crippen molar-refractivity contribution in [3.05, 3.63) is 70.7 Å². The lowest BCUT2D eigenvalue weighted by Gasteiger charge is -2.25. The molecule has 4 rings (SSSR count). The Morgan fingerprint density at radius 1 is 1.21 bits per heavy atom. The summed E-state index contributed by atoms with van der Waals surface area (Å²) < 4.78 is 0. The quantitative estimate of drug-likeness (QED) is 0.699. The molecule has 1 fully saturated rings. The maximum atomic E-state index is 5.91. The van der Waals surface area contributed by atoms with Gasteiger partial charge in [0.2, 0.25) is 0 Å². The Hall–Kier alpha value is -2.39. The monoisotopic (exact) mass is 387 g/mol. The van der Waals surface area contributed by atoms with Gasteiger partial charge in [-0.3, -0.25) is 4.98 Å². The number of nitrogens with one attached hydrogen (secondary N) is 1. The number of hydrogen-bond acceptors (Lipinski definition) is 3. The number of benzene rings is 1. The van der Waals surface area contributed by atoms with Crippen LogP contribution >= 0.6 is 0 Å². The average Bonchev–Trinajstić information content (AvgIpc) is 3.26. The molecule has 29 heavy (non-hydrogen) atoms. The fourth-order valence-corrected chi connectivity index (χ4v) is 4.94. The van der Waals surface area contributed by atoms with Gasteiger partial charge >= 0.3 is 0 Å². The first-order valence-corrected chi connectivity index (χ1v) is 11.0. The highest BCUT2D eigenvalue weighted by molar-refractivity contribution is 5.75. The van der Waals surface area contributed by atoms with Crippen molar-refractivity contribution in [1.29, 1.82) is 0 Å². The van der Waals surface area contributed by atoms with Crippen LogP contribution in [0.3, 0.4) is 0 Å². The van der Waals surface area contributed by atoms with Gasteiger partial charge in [0.15, 0.2) is 0 Å². The molecule has 0 bridgehead atoms. The van der Waals surface area contributed by atoms with E-state index in [9.17, 15) is 0 Å². The molecule has 1 aliphatic heterocycles. The third kappa shape index (κ3) is 4.16. The molecule has 1 saturated heterocycles. The van der Waals surface area contributed by atoms with Gasteiger partial charge in [-0.05, 0) is 104 Å². The molecule has 3 N–H and O–H groups in total. The molecule has 1 atom stereocenters. The van der Waals surface area contributed by atoms with Crippen molar-refractivity contribution in [2.45, 2.75) is 64.8 Å². The minimum Gasteiger partial charge on any atom is -0.402 e. The SMILES string of the molecule is C=C(N)C/C(=C/C)c1cc(-c2cc3c(c(C4CCCN4)c2)CCCC3)cnc1C. The summed E-state index contributed by atoms with van der Waals surface area (Å²) in [5, 5.41) is 3.72. The largest absolute Gasteiger partial charge is 0.402 e. The van der Waals surface area contributed by atoms with Gasteiger partial charge in [-0.2, -0.15) is 0 Å². The minimum absolute atomic E-state index is 0.506. The van der Waals surface area contributed by atoms with Crippen molar-refractivity contribution in [2.75, 3.05) is 6.54 Å². The molecule has 2 heterocycles. The molecule has 3 heteroatoms. The van der Waals surface area contributed by atoms with E-state index in [0.29, 0.717) is 18.2 Å². The van der Waals surface area contributed by atoms with E-state index in [1.54, 1.807) is 11.1 Å². The fraction of sp³-hybridized carbons (Fsp3) is 0.423. The molecule has 1 aromatic carbocycles. The Morgan fingerprint density at radius 3 is 2.76 bits per heavy atom. The summed E-state index contributed by atoms with van der Waals surface area (Å²) in [7, 11) is 0. The van der Waals surface area contributed by atoms with Crippen molar-refractivity contribution in [3.8, 4) is 11.1 Å². The van der Waals surface area contributed by atoms with Gasteiger partial charge in [-0.1, -0.05) is 18.7 Å². The van der Waals surface area contributed by atoms with Crippen LogP contribution in [-0.2, 0) is 12.8 Å². The molecule has 152 valence electrons. The van der Waals surface area contributed by atoms with E-state index in [1.807, 2.05) is 6.20 Å². The lowest BCUT2D eigenvalue weighted by Crippen LogP contribution is -2.17. The Balaban J connectivity index is 1.79. The Bertz CT molecular complexity index is 949. The highest BCUT2D eigenvalue weighted by atomic mass is 14.9. The lowest BCUT2D eigenvalue weighted by molar-refractivity contribution is 0.616. The first-order valence-electron chi connectivity index (χ1n) is 11.0. The van der Waals surface area contributed by atoms with Crippen LogP contribution in [0.1, 0.15) is 73.0 Å². The molecule has 0 saturated carbocycles. The van der Waals surface area contributed by atoms with Crippen molar-refractivity contribution in [3.63, 3.8) is 0 Å². The number of pyridine rings is 1. The summed E-state index contributed by atoms with van der Waals surface area (Å²) in [5.74, 6) is 0. The number of aryl methyl sites for hydroxylation is 2. The second-order valence-corrected chi connectivity index (χ2v) is 8.57. The van der Waals surface area contributed by atoms with E-state index in [-0.39, 0.29) is 0 Å². The molecular weight excluding hydrogens is 354 g/mol. The van der Waals surface area contributed by atoms with Crippen LogP contribution in [0.5, 0.6) is 0 Å². The van der Waals surface area contributed by atoms with Gasteiger partial charge in [0.05, 0.1) is 0 Å². The third-order valence-electron chi connectivity index (χ3n) is 6.47. The first kappa shape index (κ1) is 19.9. The lowest BCUT2D eigenvalue weighted by atomic mass is 9.83. The summed E-state index contributed by atoms with van der Waals surface area (Å²) in [4.78, 5) is 4.74. The van der Waals surface area contributed by atoms with Crippen LogP contribution in [0.15, 0.2) is 42.7 Å². The number of aromatic nitrogens is 1. The number of fused-ring (bicyclic) bond motifs is 1. The number of hydrogen-bond donors (Lipinski definition) is 2. The maximum absolute atomic E-state index is 5.91. The van der Waals surface area contributed by atoms with E-state index < -0.39 is 0 Å². The highest BCUT2D eigenvalue weighted by Crippen LogP contribution is 2.37. The van der Waals surface area contributed by atoms with Crippen molar-refractivity contribution >= 4 is 5.57 Å². The van der Waals surface area contributed by atoms with Crippen LogP contribution in [0.4, 0.5) is 0 Å². The Labute approximate surface area is 175 Å². The molecule has 3 nitrogen and oxygen atoms in total. The molecule has 2 aliphatic rings. The minimum atomic E-state index is 0.506. The predicted molar refractivity (Wildman–Crippen MR) is 123 cm³/mol. The zero-order chi connectivity index (χ0) is 20.4. The molecule has 0 spiro atoms. The molecule has 0 amide bonds.